The van der Waals surface area contributed by atoms with Crippen LogP contribution < -0.4 is 5.32 Å². The van der Waals surface area contributed by atoms with Gasteiger partial charge >= 0.3 is 0 Å². The van der Waals surface area contributed by atoms with Crippen LogP contribution in [0.25, 0.3) is 10.9 Å². The molecule has 21 heavy (non-hydrogen) atoms. The van der Waals surface area contributed by atoms with Crippen molar-refractivity contribution in [3.05, 3.63) is 64.8 Å². The van der Waals surface area contributed by atoms with Crippen LogP contribution in [0.3, 0.4) is 0 Å². The fourth-order valence-electron chi connectivity index (χ4n) is 2.33. The van der Waals surface area contributed by atoms with Gasteiger partial charge in [0.05, 0.1) is 12.5 Å². The lowest BCUT2D eigenvalue weighted by molar-refractivity contribution is 1.16. The third kappa shape index (κ3) is 3.01. The van der Waals surface area contributed by atoms with E-state index in [2.05, 4.69) is 16.4 Å². The van der Waals surface area contributed by atoms with E-state index in [1.807, 2.05) is 48.7 Å². The van der Waals surface area contributed by atoms with Crippen LogP contribution >= 0.6 is 11.6 Å². The summed E-state index contributed by atoms with van der Waals surface area (Å²) in [6, 6.07) is 15.9. The highest BCUT2D eigenvalue weighted by molar-refractivity contribution is 6.31. The predicted octanol–water partition coefficient (Wildman–Crippen LogP) is 4.50. The largest absolute Gasteiger partial charge is 0.381 e. The molecular formula is C17H14ClN3. The highest BCUT2D eigenvalue weighted by Gasteiger charge is 2.04. The number of H-pyrrole nitrogens is 1. The van der Waals surface area contributed by atoms with Gasteiger partial charge in [-0.15, -0.1) is 0 Å². The molecule has 0 radical (unpaired) electrons. The van der Waals surface area contributed by atoms with Crippen LogP contribution in [0.2, 0.25) is 5.02 Å². The van der Waals surface area contributed by atoms with Gasteiger partial charge in [-0.25, -0.2) is 0 Å². The summed E-state index contributed by atoms with van der Waals surface area (Å²) in [6.45, 7) is 0.735. The number of halogens is 1. The van der Waals surface area contributed by atoms with Crippen molar-refractivity contribution in [1.82, 2.24) is 4.98 Å². The average molecular weight is 296 g/mol. The summed E-state index contributed by atoms with van der Waals surface area (Å²) in [7, 11) is 0. The quantitative estimate of drug-likeness (QED) is 0.744. The summed E-state index contributed by atoms with van der Waals surface area (Å²) < 4.78 is 0. The van der Waals surface area contributed by atoms with Crippen molar-refractivity contribution < 1.29 is 0 Å². The average Bonchev–Trinajstić information content (AvgIpc) is 2.89. The molecule has 0 amide bonds. The van der Waals surface area contributed by atoms with Crippen molar-refractivity contribution in [3.63, 3.8) is 0 Å². The number of rotatable bonds is 4. The van der Waals surface area contributed by atoms with E-state index in [9.17, 15) is 0 Å². The summed E-state index contributed by atoms with van der Waals surface area (Å²) >= 11 is 5.98. The van der Waals surface area contributed by atoms with Gasteiger partial charge in [0.1, 0.15) is 0 Å². The molecule has 1 aromatic heterocycles. The predicted molar refractivity (Wildman–Crippen MR) is 86.4 cm³/mol. The Labute approximate surface area is 128 Å². The fraction of sp³-hybridized carbons (Fsp3) is 0.118. The Morgan fingerprint density at radius 3 is 2.71 bits per heavy atom. The van der Waals surface area contributed by atoms with Crippen molar-refractivity contribution in [1.29, 1.82) is 5.26 Å². The molecule has 0 unspecified atom stereocenters. The maximum atomic E-state index is 8.66. The molecule has 0 aliphatic carbocycles. The SMILES string of the molecule is N#CCc1ccc(NCc2c[nH]c3cc(Cl)ccc23)cc1. The molecule has 0 bridgehead atoms. The molecule has 2 aromatic carbocycles. The van der Waals surface area contributed by atoms with E-state index in [4.69, 9.17) is 16.9 Å². The molecule has 0 saturated heterocycles. The molecule has 0 spiro atoms. The molecule has 0 aliphatic heterocycles. The molecule has 4 heteroatoms. The van der Waals surface area contributed by atoms with Crippen LogP contribution in [0.15, 0.2) is 48.7 Å². The zero-order chi connectivity index (χ0) is 14.7. The first-order valence-corrected chi connectivity index (χ1v) is 7.09. The van der Waals surface area contributed by atoms with Crippen molar-refractivity contribution in [2.24, 2.45) is 0 Å². The van der Waals surface area contributed by atoms with Gasteiger partial charge in [-0.1, -0.05) is 29.8 Å². The van der Waals surface area contributed by atoms with E-state index < -0.39 is 0 Å². The summed E-state index contributed by atoms with van der Waals surface area (Å²) in [5.41, 5.74) is 4.32. The van der Waals surface area contributed by atoms with E-state index in [0.29, 0.717) is 6.42 Å². The van der Waals surface area contributed by atoms with E-state index in [0.717, 1.165) is 28.3 Å². The number of hydrogen-bond donors (Lipinski definition) is 2. The van der Waals surface area contributed by atoms with Crippen molar-refractivity contribution in [2.75, 3.05) is 5.32 Å². The lowest BCUT2D eigenvalue weighted by Crippen LogP contribution is -1.98. The highest BCUT2D eigenvalue weighted by Crippen LogP contribution is 2.23. The summed E-state index contributed by atoms with van der Waals surface area (Å²) in [4.78, 5) is 3.23. The minimum Gasteiger partial charge on any atom is -0.381 e. The number of anilines is 1. The Balaban J connectivity index is 1.73. The van der Waals surface area contributed by atoms with Crippen LogP contribution in [0.1, 0.15) is 11.1 Å². The van der Waals surface area contributed by atoms with Crippen molar-refractivity contribution >= 4 is 28.2 Å². The molecule has 0 saturated carbocycles. The number of benzene rings is 2. The maximum absolute atomic E-state index is 8.66. The van der Waals surface area contributed by atoms with Crippen LogP contribution in [-0.2, 0) is 13.0 Å². The number of hydrogen-bond acceptors (Lipinski definition) is 2. The van der Waals surface area contributed by atoms with E-state index in [1.165, 1.54) is 10.9 Å². The number of nitriles is 1. The zero-order valence-electron chi connectivity index (χ0n) is 11.4. The van der Waals surface area contributed by atoms with Gasteiger partial charge in [-0.2, -0.15) is 5.26 Å². The van der Waals surface area contributed by atoms with Gasteiger partial charge in [0.15, 0.2) is 0 Å². The van der Waals surface area contributed by atoms with Crippen LogP contribution in [0, 0.1) is 11.3 Å². The lowest BCUT2D eigenvalue weighted by atomic mass is 10.1. The number of nitrogens with one attached hydrogen (secondary N) is 2. The second kappa shape index (κ2) is 5.90. The van der Waals surface area contributed by atoms with E-state index >= 15 is 0 Å². The monoisotopic (exact) mass is 295 g/mol. The smallest absolute Gasteiger partial charge is 0.0669 e. The van der Waals surface area contributed by atoms with Gasteiger partial charge in [0.25, 0.3) is 0 Å². The first-order chi connectivity index (χ1) is 10.3. The molecule has 0 aliphatic rings. The Bertz CT molecular complexity index is 797. The number of aromatic nitrogens is 1. The molecular weight excluding hydrogens is 282 g/mol. The van der Waals surface area contributed by atoms with Crippen LogP contribution in [-0.4, -0.2) is 4.98 Å². The Hall–Kier alpha value is -2.44. The Morgan fingerprint density at radius 2 is 1.95 bits per heavy atom. The first kappa shape index (κ1) is 13.5. The molecule has 0 atom stereocenters. The maximum Gasteiger partial charge on any atom is 0.0669 e. The number of fused-ring (bicyclic) bond motifs is 1. The van der Waals surface area contributed by atoms with E-state index in [1.54, 1.807) is 0 Å². The Kier molecular flexibility index (Phi) is 3.81. The van der Waals surface area contributed by atoms with Gasteiger partial charge < -0.3 is 10.3 Å². The molecule has 1 heterocycles. The molecule has 104 valence electrons. The van der Waals surface area contributed by atoms with Crippen LogP contribution in [0.4, 0.5) is 5.69 Å². The first-order valence-electron chi connectivity index (χ1n) is 6.71. The second-order valence-corrected chi connectivity index (χ2v) is 5.33. The van der Waals surface area contributed by atoms with Crippen molar-refractivity contribution in [2.45, 2.75) is 13.0 Å². The van der Waals surface area contributed by atoms with Gasteiger partial charge in [-0.05, 0) is 35.4 Å². The molecule has 3 aromatic rings. The minimum absolute atomic E-state index is 0.448. The summed E-state index contributed by atoms with van der Waals surface area (Å²) in [5, 5.41) is 14.0. The molecule has 0 fully saturated rings. The molecule has 3 nitrogen and oxygen atoms in total. The van der Waals surface area contributed by atoms with Gasteiger partial charge in [0, 0.05) is 34.4 Å². The fourth-order valence-corrected chi connectivity index (χ4v) is 2.51. The Morgan fingerprint density at radius 1 is 1.14 bits per heavy atom. The van der Waals surface area contributed by atoms with E-state index in [-0.39, 0.29) is 0 Å². The zero-order valence-corrected chi connectivity index (χ0v) is 12.1. The number of aromatic amines is 1. The number of nitrogens with zero attached hydrogens (tertiary/aromatic N) is 1. The summed E-state index contributed by atoms with van der Waals surface area (Å²) in [6.07, 6.45) is 2.45. The molecule has 3 rings (SSSR count). The minimum atomic E-state index is 0.448. The van der Waals surface area contributed by atoms with Gasteiger partial charge in [-0.3, -0.25) is 0 Å². The van der Waals surface area contributed by atoms with Crippen molar-refractivity contribution in [3.8, 4) is 6.07 Å². The third-order valence-electron chi connectivity index (χ3n) is 3.45. The highest BCUT2D eigenvalue weighted by atomic mass is 35.5. The summed E-state index contributed by atoms with van der Waals surface area (Å²) in [5.74, 6) is 0. The molecule has 2 N–H and O–H groups in total. The second-order valence-electron chi connectivity index (χ2n) is 4.89. The third-order valence-corrected chi connectivity index (χ3v) is 3.68. The normalized spacial score (nSPS) is 10.5. The van der Waals surface area contributed by atoms with Crippen LogP contribution in [0.5, 0.6) is 0 Å². The lowest BCUT2D eigenvalue weighted by Gasteiger charge is -2.06. The standard InChI is InChI=1S/C17H14ClN3/c18-14-3-6-16-13(11-21-17(16)9-14)10-20-15-4-1-12(2-5-15)7-8-19/h1-6,9,11,20-21H,7,10H2. The topological polar surface area (TPSA) is 51.6 Å². The van der Waals surface area contributed by atoms with Gasteiger partial charge in [0.2, 0.25) is 0 Å².